The monoisotopic (exact) mass is 522 g/mol. The van der Waals surface area contributed by atoms with Crippen LogP contribution in [0.15, 0.2) is 0 Å². The van der Waals surface area contributed by atoms with Gasteiger partial charge in [-0.1, -0.05) is 0 Å². The van der Waals surface area contributed by atoms with Crippen LogP contribution < -0.4 is 0 Å². The Morgan fingerprint density at radius 3 is 1.80 bits per heavy atom. The van der Waals surface area contributed by atoms with E-state index in [2.05, 4.69) is 0 Å². The topological polar surface area (TPSA) is 308 Å². The molecule has 0 spiro atoms. The van der Waals surface area contributed by atoms with E-state index in [0.29, 0.717) is 0 Å². The van der Waals surface area contributed by atoms with E-state index in [1.54, 1.807) is 0 Å². The van der Waals surface area contributed by atoms with Gasteiger partial charge in [-0.05, 0) is 0 Å². The fraction of sp³-hybridized carbons (Fsp3) is 0.944. The van der Waals surface area contributed by atoms with Gasteiger partial charge < -0.3 is 80.6 Å². The molecule has 0 saturated carbocycles. The Bertz CT molecular complexity index is 620. The number of aliphatic hydroxyl groups excluding tert-OH is 13. The fourth-order valence-corrected chi connectivity index (χ4v) is 3.17. The summed E-state index contributed by atoms with van der Waals surface area (Å²) in [5.74, 6) is -1.00. The van der Waals surface area contributed by atoms with Crippen LogP contribution in [-0.2, 0) is 19.0 Å². The van der Waals surface area contributed by atoms with E-state index >= 15 is 0 Å². The summed E-state index contributed by atoms with van der Waals surface area (Å²) in [5.41, 5.74) is 0. The summed E-state index contributed by atoms with van der Waals surface area (Å²) in [7, 11) is 0. The summed E-state index contributed by atoms with van der Waals surface area (Å²) < 4.78 is 15.3. The minimum atomic E-state index is -1.86. The van der Waals surface area contributed by atoms with Crippen molar-refractivity contribution in [3.8, 4) is 0 Å². The molecule has 35 heavy (non-hydrogen) atoms. The molecule has 17 nitrogen and oxygen atoms in total. The first kappa shape index (κ1) is 32.1. The van der Waals surface area contributed by atoms with Crippen LogP contribution >= 0.6 is 0 Å². The second kappa shape index (κ2) is 14.7. The molecule has 0 unspecified atom stereocenters. The molecule has 0 radical (unpaired) electrons. The smallest absolute Gasteiger partial charge is 0.189 e. The van der Waals surface area contributed by atoms with Crippen molar-refractivity contribution in [2.24, 2.45) is 0 Å². The summed E-state index contributed by atoms with van der Waals surface area (Å²) in [6, 6.07) is 0. The zero-order chi connectivity index (χ0) is 27.0. The average Bonchev–Trinajstić information content (AvgIpc) is 2.87. The van der Waals surface area contributed by atoms with Crippen LogP contribution in [0, 0.1) is 0 Å². The molecule has 0 bridgehead atoms. The minimum absolute atomic E-state index is 0.667. The van der Waals surface area contributed by atoms with Crippen LogP contribution in [0.25, 0.3) is 0 Å². The molecular weight excluding hydrogens is 488 g/mol. The van der Waals surface area contributed by atoms with E-state index in [4.69, 9.17) is 44.8 Å². The van der Waals surface area contributed by atoms with Gasteiger partial charge in [0.1, 0.15) is 73.8 Å². The highest BCUT2D eigenvalue weighted by atomic mass is 16.7. The van der Waals surface area contributed by atoms with Gasteiger partial charge in [0.05, 0.1) is 19.8 Å². The molecule has 208 valence electrons. The van der Waals surface area contributed by atoms with Crippen LogP contribution in [0.1, 0.15) is 0 Å². The van der Waals surface area contributed by atoms with Crippen molar-refractivity contribution in [1.82, 2.24) is 0 Å². The van der Waals surface area contributed by atoms with E-state index in [1.807, 2.05) is 0 Å². The molecule has 0 aliphatic carbocycles. The van der Waals surface area contributed by atoms with Crippen LogP contribution in [-0.4, -0.2) is 178 Å². The maximum Gasteiger partial charge on any atom is 0.189 e. The maximum absolute atomic E-state index is 10.5. The zero-order valence-corrected chi connectivity index (χ0v) is 18.3. The van der Waals surface area contributed by atoms with Gasteiger partial charge in [-0.2, -0.15) is 0 Å². The highest BCUT2D eigenvalue weighted by molar-refractivity contribution is 5.84. The summed E-state index contributed by atoms with van der Waals surface area (Å²) >= 11 is 0. The lowest BCUT2D eigenvalue weighted by Gasteiger charge is -2.45. The fourth-order valence-electron chi connectivity index (χ4n) is 3.17. The Balaban J connectivity index is 0.000000434. The number of Topliss-reactive ketones (excluding diaryl/α,β-unsaturated/α-hetero) is 1. The molecule has 2 fully saturated rings. The standard InChI is InChI=1S/C12H22O11.C6H12O6/c13-1-3-5(15)6(16)9(19)12(22-3)23-10-4(2-14)21-11(20)8(18)7(10)17;7-1-3(9)5(11)6(12)4(10)2-8/h3-20H,1-2H2;3,5-9,11-12H,1-2H2/t3-,4-,5+,6+,7-,8-,9-,10-,11-,12+;3-,5+,6-/m11/s1. The number of hydrogen-bond donors (Lipinski definition) is 13. The van der Waals surface area contributed by atoms with Gasteiger partial charge in [0.25, 0.3) is 0 Å². The van der Waals surface area contributed by atoms with E-state index in [9.17, 15) is 40.5 Å². The summed E-state index contributed by atoms with van der Waals surface area (Å²) in [4.78, 5) is 10.5. The number of carbonyl (C=O) groups excluding carboxylic acids is 1. The van der Waals surface area contributed by atoms with Crippen molar-refractivity contribution in [1.29, 1.82) is 0 Å². The van der Waals surface area contributed by atoms with E-state index in [-0.39, 0.29) is 0 Å². The third-order valence-corrected chi connectivity index (χ3v) is 5.37. The Morgan fingerprint density at radius 1 is 0.743 bits per heavy atom. The van der Waals surface area contributed by atoms with Crippen LogP contribution in [0.2, 0.25) is 0 Å². The normalized spacial score (nSPS) is 40.3. The number of carbonyl (C=O) groups is 1. The van der Waals surface area contributed by atoms with Crippen molar-refractivity contribution in [3.05, 3.63) is 0 Å². The van der Waals surface area contributed by atoms with E-state index < -0.39 is 112 Å². The predicted molar refractivity (Wildman–Crippen MR) is 106 cm³/mol. The van der Waals surface area contributed by atoms with Gasteiger partial charge in [0, 0.05) is 0 Å². The average molecular weight is 522 g/mol. The van der Waals surface area contributed by atoms with Gasteiger partial charge in [0.2, 0.25) is 0 Å². The molecule has 13 atom stereocenters. The maximum atomic E-state index is 10.5. The molecule has 2 aliphatic heterocycles. The summed E-state index contributed by atoms with van der Waals surface area (Å²) in [6.45, 7) is -3.03. The Labute approximate surface area is 198 Å². The molecule has 2 aliphatic rings. The van der Waals surface area contributed by atoms with Crippen molar-refractivity contribution in [2.45, 2.75) is 79.7 Å². The second-order valence-corrected chi connectivity index (χ2v) is 7.84. The highest BCUT2D eigenvalue weighted by Gasteiger charge is 2.50. The lowest BCUT2D eigenvalue weighted by Crippen LogP contribution is -2.64. The molecule has 13 N–H and O–H groups in total. The highest BCUT2D eigenvalue weighted by Crippen LogP contribution is 2.28. The van der Waals surface area contributed by atoms with Crippen LogP contribution in [0.5, 0.6) is 0 Å². The van der Waals surface area contributed by atoms with Crippen molar-refractivity contribution in [3.63, 3.8) is 0 Å². The van der Waals surface area contributed by atoms with Gasteiger partial charge in [0.15, 0.2) is 18.4 Å². The first-order valence-corrected chi connectivity index (χ1v) is 10.4. The van der Waals surface area contributed by atoms with Crippen LogP contribution in [0.4, 0.5) is 0 Å². The largest absolute Gasteiger partial charge is 0.394 e. The molecule has 2 rings (SSSR count). The molecule has 0 aromatic heterocycles. The Morgan fingerprint density at radius 2 is 1.31 bits per heavy atom. The van der Waals surface area contributed by atoms with Gasteiger partial charge in [-0.3, -0.25) is 4.79 Å². The van der Waals surface area contributed by atoms with Gasteiger partial charge >= 0.3 is 0 Å². The number of rotatable bonds is 9. The molecule has 2 saturated heterocycles. The van der Waals surface area contributed by atoms with Gasteiger partial charge in [-0.15, -0.1) is 0 Å². The summed E-state index contributed by atoms with van der Waals surface area (Å²) in [6.07, 6.45) is -20.8. The lowest BCUT2D eigenvalue weighted by molar-refractivity contribution is -0.355. The minimum Gasteiger partial charge on any atom is -0.394 e. The number of ketones is 1. The molecule has 17 heteroatoms. The summed E-state index contributed by atoms with van der Waals surface area (Å²) in [5, 5.41) is 120. The Hall–Kier alpha value is -0.970. The van der Waals surface area contributed by atoms with E-state index in [0.717, 1.165) is 0 Å². The number of ether oxygens (including phenoxy) is 3. The lowest BCUT2D eigenvalue weighted by atomic mass is 9.97. The number of aliphatic hydroxyl groups is 13. The van der Waals surface area contributed by atoms with Crippen LogP contribution in [0.3, 0.4) is 0 Å². The van der Waals surface area contributed by atoms with Crippen molar-refractivity contribution in [2.75, 3.05) is 26.4 Å². The molecule has 0 aromatic rings. The first-order valence-electron chi connectivity index (χ1n) is 10.4. The van der Waals surface area contributed by atoms with E-state index in [1.165, 1.54) is 0 Å². The van der Waals surface area contributed by atoms with Gasteiger partial charge in [-0.25, -0.2) is 0 Å². The quantitative estimate of drug-likeness (QED) is 0.134. The molecular formula is C18H34O17. The van der Waals surface area contributed by atoms with Crippen molar-refractivity contribution < 1.29 is 85.4 Å². The molecule has 0 amide bonds. The van der Waals surface area contributed by atoms with Crippen molar-refractivity contribution >= 4 is 5.78 Å². The molecule has 2 heterocycles. The SMILES string of the molecule is O=C(CO)[C@@H](O)[C@@H](O)[C@H](O)CO.OC[C@H]1O[C@@H](O[C@H]2[C@H](O)[C@@H](O)[C@H](O)O[C@@H]2CO)[C@H](O)[C@@H](O)[C@H]1O. The molecule has 0 aromatic carbocycles. The predicted octanol–water partition coefficient (Wildman–Crippen LogP) is -8.77. The zero-order valence-electron chi connectivity index (χ0n) is 18.3. The Kier molecular flexibility index (Phi) is 13.5. The second-order valence-electron chi connectivity index (χ2n) is 7.84. The third-order valence-electron chi connectivity index (χ3n) is 5.37. The first-order chi connectivity index (χ1) is 16.4. The number of hydrogen-bond acceptors (Lipinski definition) is 17. The third kappa shape index (κ3) is 8.01.